The number of hydrogen-bond acceptors (Lipinski definition) is 4. The van der Waals surface area contributed by atoms with Gasteiger partial charge in [-0.1, -0.05) is 17.7 Å². The van der Waals surface area contributed by atoms with Crippen LogP contribution in [0.1, 0.15) is 27.7 Å². The van der Waals surface area contributed by atoms with Crippen LogP contribution in [-0.2, 0) is 0 Å². The van der Waals surface area contributed by atoms with Crippen LogP contribution in [0.25, 0.3) is 0 Å². The van der Waals surface area contributed by atoms with Gasteiger partial charge in [0.1, 0.15) is 0 Å². The lowest BCUT2D eigenvalue weighted by molar-refractivity contribution is 1.36. The first-order valence-corrected chi connectivity index (χ1v) is 6.49. The molecule has 18 heavy (non-hydrogen) atoms. The Hall–Kier alpha value is -1.00. The minimum atomic E-state index is 0.664. The fourth-order valence-corrected chi connectivity index (χ4v) is 1.58. The van der Waals surface area contributed by atoms with Gasteiger partial charge in [0.15, 0.2) is 0 Å². The maximum Gasteiger partial charge on any atom is 0.0408 e. The van der Waals surface area contributed by atoms with Crippen molar-refractivity contribution in [1.29, 1.82) is 5.41 Å². The number of rotatable bonds is 5. The fraction of sp³-hybridized carbons (Fsp3) is 0.286. The van der Waals surface area contributed by atoms with Crippen LogP contribution >= 0.6 is 25.3 Å². The van der Waals surface area contributed by atoms with E-state index in [4.69, 9.17) is 5.41 Å². The van der Waals surface area contributed by atoms with E-state index in [0.29, 0.717) is 4.91 Å². The maximum atomic E-state index is 7.21. The highest BCUT2D eigenvalue weighted by atomic mass is 32.1. The van der Waals surface area contributed by atoms with Gasteiger partial charge in [0.25, 0.3) is 0 Å². The number of thiol groups is 2. The van der Waals surface area contributed by atoms with Gasteiger partial charge in [-0.25, -0.2) is 0 Å². The third-order valence-corrected chi connectivity index (χ3v) is 3.31. The molecular weight excluding hydrogens is 260 g/mol. The Balaban J connectivity index is 5.03. The van der Waals surface area contributed by atoms with Gasteiger partial charge >= 0.3 is 0 Å². The first-order valence-electron chi connectivity index (χ1n) is 5.60. The smallest absolute Gasteiger partial charge is 0.0408 e. The summed E-state index contributed by atoms with van der Waals surface area (Å²) in [6, 6.07) is 0. The van der Waals surface area contributed by atoms with Crippen LogP contribution in [-0.4, -0.2) is 12.4 Å². The largest absolute Gasteiger partial charge is 0.308 e. The van der Waals surface area contributed by atoms with Gasteiger partial charge < -0.3 is 5.41 Å². The summed E-state index contributed by atoms with van der Waals surface area (Å²) in [6.45, 7) is 7.82. The van der Waals surface area contributed by atoms with Crippen molar-refractivity contribution in [1.82, 2.24) is 0 Å². The second kappa shape index (κ2) is 9.00. The highest BCUT2D eigenvalue weighted by molar-refractivity contribution is 7.85. The van der Waals surface area contributed by atoms with Crippen LogP contribution in [0.5, 0.6) is 0 Å². The molecule has 2 nitrogen and oxygen atoms in total. The summed E-state index contributed by atoms with van der Waals surface area (Å²) >= 11 is 8.72. The average Bonchev–Trinajstić information content (AvgIpc) is 2.35. The first-order chi connectivity index (χ1) is 8.47. The molecule has 0 aliphatic carbocycles. The minimum absolute atomic E-state index is 0.664. The molecule has 0 aliphatic heterocycles. The summed E-state index contributed by atoms with van der Waals surface area (Å²) < 4.78 is 0. The molecule has 0 saturated heterocycles. The first kappa shape index (κ1) is 17.0. The summed E-state index contributed by atoms with van der Waals surface area (Å²) in [7, 11) is 0. The lowest BCUT2D eigenvalue weighted by atomic mass is 10.2. The Morgan fingerprint density at radius 2 is 1.61 bits per heavy atom. The van der Waals surface area contributed by atoms with Crippen molar-refractivity contribution < 1.29 is 0 Å². The summed E-state index contributed by atoms with van der Waals surface area (Å²) in [6.07, 6.45) is 8.39. The van der Waals surface area contributed by atoms with Gasteiger partial charge in [-0.3, -0.25) is 4.99 Å². The Labute approximate surface area is 121 Å². The summed E-state index contributed by atoms with van der Waals surface area (Å²) in [5, 5.41) is 7.21. The van der Waals surface area contributed by atoms with E-state index in [1.807, 2.05) is 39.8 Å². The molecular formula is C14H20N2S2. The van der Waals surface area contributed by atoms with Gasteiger partial charge in [-0.2, -0.15) is 0 Å². The third-order valence-electron chi connectivity index (χ3n) is 2.23. The average molecular weight is 280 g/mol. The maximum absolute atomic E-state index is 7.21. The number of hydrogen-bond donors (Lipinski definition) is 3. The monoisotopic (exact) mass is 280 g/mol. The molecule has 0 bridgehead atoms. The molecule has 0 radical (unpaired) electrons. The van der Waals surface area contributed by atoms with Gasteiger partial charge in [-0.05, 0) is 27.7 Å². The zero-order valence-corrected chi connectivity index (χ0v) is 13.0. The molecule has 0 aliphatic rings. The molecule has 0 saturated carbocycles. The molecule has 0 spiro atoms. The SMILES string of the molecule is C/C=C(/C=N)C(S)=CN=C/C(=C/C)C(S)=C(C)C. The second-order valence-electron chi connectivity index (χ2n) is 3.77. The highest BCUT2D eigenvalue weighted by Gasteiger charge is 1.98. The molecule has 4 heteroatoms. The number of aliphatic imine (C=N–C) groups is 1. The van der Waals surface area contributed by atoms with Crippen molar-refractivity contribution in [3.05, 3.63) is 44.9 Å². The van der Waals surface area contributed by atoms with E-state index < -0.39 is 0 Å². The number of nitrogens with one attached hydrogen (secondary N) is 1. The standard InChI is InChI=1S/C14H20N2S2/c1-5-11(7-15)13(17)9-16-8-12(6-2)14(18)10(3)4/h5-9,15,17-18H,1-4H3/b11-5-,12-6-,13-9?,15-7?,16-8?. The molecule has 98 valence electrons. The van der Waals surface area contributed by atoms with Gasteiger partial charge in [0.2, 0.25) is 0 Å². The Morgan fingerprint density at radius 1 is 1.06 bits per heavy atom. The molecule has 0 amide bonds. The van der Waals surface area contributed by atoms with E-state index in [0.717, 1.165) is 21.6 Å². The van der Waals surface area contributed by atoms with Crippen molar-refractivity contribution >= 4 is 37.7 Å². The summed E-state index contributed by atoms with van der Waals surface area (Å²) in [5.41, 5.74) is 2.85. The molecule has 0 fully saturated rings. The van der Waals surface area contributed by atoms with Gasteiger partial charge in [0.05, 0.1) is 0 Å². The predicted molar refractivity (Wildman–Crippen MR) is 89.2 cm³/mol. The van der Waals surface area contributed by atoms with E-state index >= 15 is 0 Å². The summed E-state index contributed by atoms with van der Waals surface area (Å²) in [5.74, 6) is 0. The Kier molecular flexibility index (Phi) is 8.50. The van der Waals surface area contributed by atoms with Crippen molar-refractivity contribution in [2.24, 2.45) is 4.99 Å². The van der Waals surface area contributed by atoms with Crippen LogP contribution in [0.15, 0.2) is 49.9 Å². The quantitative estimate of drug-likeness (QED) is 0.374. The second-order valence-corrected chi connectivity index (χ2v) is 4.70. The Bertz CT molecular complexity index is 448. The molecule has 0 rings (SSSR count). The van der Waals surface area contributed by atoms with Gasteiger partial charge in [0, 0.05) is 39.6 Å². The van der Waals surface area contributed by atoms with Crippen LogP contribution in [0.4, 0.5) is 0 Å². The fourth-order valence-electron chi connectivity index (χ4n) is 1.13. The lowest BCUT2D eigenvalue weighted by Crippen LogP contribution is -1.88. The normalized spacial score (nSPS) is 14.0. The third kappa shape index (κ3) is 5.56. The zero-order chi connectivity index (χ0) is 14.1. The summed E-state index contributed by atoms with van der Waals surface area (Å²) in [4.78, 5) is 5.79. The minimum Gasteiger partial charge on any atom is -0.308 e. The Morgan fingerprint density at radius 3 is 2.00 bits per heavy atom. The van der Waals surface area contributed by atoms with E-state index in [2.05, 4.69) is 30.2 Å². The molecule has 0 heterocycles. The topological polar surface area (TPSA) is 36.2 Å². The zero-order valence-electron chi connectivity index (χ0n) is 11.2. The number of allylic oxidation sites excluding steroid dienone is 5. The van der Waals surface area contributed by atoms with Crippen molar-refractivity contribution in [3.8, 4) is 0 Å². The van der Waals surface area contributed by atoms with E-state index in [1.165, 1.54) is 6.21 Å². The molecule has 0 aromatic carbocycles. The van der Waals surface area contributed by atoms with E-state index in [1.54, 1.807) is 12.4 Å². The van der Waals surface area contributed by atoms with Crippen molar-refractivity contribution in [3.63, 3.8) is 0 Å². The molecule has 1 N–H and O–H groups in total. The van der Waals surface area contributed by atoms with E-state index in [9.17, 15) is 0 Å². The van der Waals surface area contributed by atoms with Crippen molar-refractivity contribution in [2.75, 3.05) is 0 Å². The van der Waals surface area contributed by atoms with Gasteiger partial charge in [-0.15, -0.1) is 25.3 Å². The van der Waals surface area contributed by atoms with Crippen LogP contribution in [0.3, 0.4) is 0 Å². The predicted octanol–water partition coefficient (Wildman–Crippen LogP) is 4.59. The number of nitrogens with zero attached hydrogens (tertiary/aromatic N) is 1. The lowest BCUT2D eigenvalue weighted by Gasteiger charge is -2.02. The van der Waals surface area contributed by atoms with E-state index in [-0.39, 0.29) is 0 Å². The highest BCUT2D eigenvalue weighted by Crippen LogP contribution is 2.17. The molecule has 0 atom stereocenters. The molecule has 0 aromatic rings. The van der Waals surface area contributed by atoms with Crippen LogP contribution in [0, 0.1) is 5.41 Å². The molecule has 0 aromatic heterocycles. The van der Waals surface area contributed by atoms with Crippen molar-refractivity contribution in [2.45, 2.75) is 27.7 Å². The molecule has 0 unspecified atom stereocenters. The van der Waals surface area contributed by atoms with Crippen LogP contribution in [0.2, 0.25) is 0 Å². The van der Waals surface area contributed by atoms with Crippen LogP contribution < -0.4 is 0 Å².